The molecule has 10 nitrogen and oxygen atoms in total. The monoisotopic (exact) mass is 614 g/mol. The van der Waals surface area contributed by atoms with Gasteiger partial charge in [-0.25, -0.2) is 14.6 Å². The van der Waals surface area contributed by atoms with Crippen LogP contribution in [0.1, 0.15) is 46.9 Å². The number of esters is 1. The number of nitrogens with zero attached hydrogens (tertiary/aromatic N) is 2. The minimum atomic E-state index is -0.981. The minimum absolute atomic E-state index is 0.170. The van der Waals surface area contributed by atoms with E-state index in [1.807, 2.05) is 12.1 Å². The first kappa shape index (κ1) is 30.3. The van der Waals surface area contributed by atoms with Gasteiger partial charge in [-0.15, -0.1) is 0 Å². The number of carboxylic acid groups (broad SMARTS) is 1. The topological polar surface area (TPSA) is 126 Å². The van der Waals surface area contributed by atoms with E-state index in [9.17, 15) is 14.4 Å². The molecule has 0 amide bonds. The van der Waals surface area contributed by atoms with Crippen molar-refractivity contribution in [2.24, 2.45) is 4.99 Å². The molecule has 0 radical (unpaired) electrons. The van der Waals surface area contributed by atoms with Gasteiger partial charge < -0.3 is 24.1 Å². The molecule has 0 fully saturated rings. The Hall–Kier alpha value is -5.16. The molecule has 1 atom stereocenters. The number of ether oxygens (including phenoxy) is 4. The van der Waals surface area contributed by atoms with Gasteiger partial charge in [0.2, 0.25) is 0 Å². The number of benzene rings is 3. The van der Waals surface area contributed by atoms with E-state index in [0.717, 1.165) is 11.1 Å². The van der Waals surface area contributed by atoms with E-state index < -0.39 is 18.0 Å². The number of aromatic nitrogens is 1. The number of hydrogen-bond acceptors (Lipinski definition) is 9. The lowest BCUT2D eigenvalue weighted by Crippen LogP contribution is -2.40. The van der Waals surface area contributed by atoms with Crippen molar-refractivity contribution in [3.63, 3.8) is 0 Å². The van der Waals surface area contributed by atoms with Gasteiger partial charge >= 0.3 is 11.9 Å². The fourth-order valence-corrected chi connectivity index (χ4v) is 5.90. The molecule has 0 saturated heterocycles. The number of allylic oxidation sites excluding steroid dienone is 1. The first-order chi connectivity index (χ1) is 21.2. The summed E-state index contributed by atoms with van der Waals surface area (Å²) in [4.78, 5) is 43.2. The van der Waals surface area contributed by atoms with Crippen LogP contribution in [0.5, 0.6) is 17.2 Å². The van der Waals surface area contributed by atoms with Gasteiger partial charge in [0.15, 0.2) is 4.80 Å². The van der Waals surface area contributed by atoms with Crippen molar-refractivity contribution >= 4 is 29.4 Å². The lowest BCUT2D eigenvalue weighted by Gasteiger charge is -2.26. The number of aromatic carboxylic acids is 1. The number of carboxylic acids is 1. The van der Waals surface area contributed by atoms with Gasteiger partial charge in [-0.05, 0) is 67.4 Å². The number of hydrogen-bond donors (Lipinski definition) is 1. The zero-order chi connectivity index (χ0) is 31.4. The third-order valence-electron chi connectivity index (χ3n) is 7.04. The number of methoxy groups -OCH3 is 2. The maximum absolute atomic E-state index is 13.9. The van der Waals surface area contributed by atoms with E-state index in [4.69, 9.17) is 24.1 Å². The van der Waals surface area contributed by atoms with Gasteiger partial charge in [0.05, 0.1) is 42.2 Å². The molecule has 44 heavy (non-hydrogen) atoms. The average Bonchev–Trinajstić information content (AvgIpc) is 3.33. The molecule has 4 aromatic rings. The van der Waals surface area contributed by atoms with E-state index in [2.05, 4.69) is 4.99 Å². The molecule has 0 saturated carbocycles. The van der Waals surface area contributed by atoms with E-state index in [0.29, 0.717) is 37.8 Å². The molecule has 0 unspecified atom stereocenters. The lowest BCUT2D eigenvalue weighted by molar-refractivity contribution is -0.139. The maximum atomic E-state index is 13.9. The summed E-state index contributed by atoms with van der Waals surface area (Å²) in [5, 5.41) is 9.06. The minimum Gasteiger partial charge on any atom is -0.497 e. The van der Waals surface area contributed by atoms with Crippen molar-refractivity contribution in [1.29, 1.82) is 0 Å². The van der Waals surface area contributed by atoms with E-state index in [-0.39, 0.29) is 29.9 Å². The number of thiazole rings is 1. The van der Waals surface area contributed by atoms with Crippen molar-refractivity contribution in [3.8, 4) is 17.2 Å². The van der Waals surface area contributed by atoms with Crippen LogP contribution in [0.25, 0.3) is 6.08 Å². The Bertz CT molecular complexity index is 1920. The predicted octanol–water partition coefficient (Wildman–Crippen LogP) is 4.09. The van der Waals surface area contributed by atoms with Gasteiger partial charge in [0, 0.05) is 11.6 Å². The van der Waals surface area contributed by atoms with Crippen LogP contribution < -0.4 is 29.1 Å². The van der Waals surface area contributed by atoms with Gasteiger partial charge in [-0.1, -0.05) is 35.6 Å². The van der Waals surface area contributed by atoms with Gasteiger partial charge in [0.25, 0.3) is 5.56 Å². The lowest BCUT2D eigenvalue weighted by atomic mass is 9.95. The van der Waals surface area contributed by atoms with E-state index in [1.54, 1.807) is 69.5 Å². The standard InChI is InChI=1S/C33H30N2O8S/c1-5-42-32(39)28-19(2)34-33-35(29(28)25-15-14-24(40-3)17-26(25)41-4)30(36)27(44-33)16-20-8-12-23(13-9-20)43-18-21-6-10-22(11-7-21)31(37)38/h6-17,29H,5,18H2,1-4H3,(H,37,38)/b27-16+/t29-/m0/s1. The fraction of sp³-hybridized carbons (Fsp3) is 0.212. The molecule has 3 aromatic carbocycles. The highest BCUT2D eigenvalue weighted by Crippen LogP contribution is 2.37. The largest absolute Gasteiger partial charge is 0.497 e. The molecular weight excluding hydrogens is 584 g/mol. The highest BCUT2D eigenvalue weighted by Gasteiger charge is 2.35. The Morgan fingerprint density at radius 1 is 1.00 bits per heavy atom. The first-order valence-corrected chi connectivity index (χ1v) is 14.5. The molecule has 0 spiro atoms. The van der Waals surface area contributed by atoms with Crippen LogP contribution in [0.3, 0.4) is 0 Å². The molecule has 1 N–H and O–H groups in total. The molecule has 1 aromatic heterocycles. The Labute approximate surface area is 256 Å². The highest BCUT2D eigenvalue weighted by atomic mass is 32.1. The zero-order valence-electron chi connectivity index (χ0n) is 24.5. The van der Waals surface area contributed by atoms with Crippen molar-refractivity contribution in [1.82, 2.24) is 4.57 Å². The summed E-state index contributed by atoms with van der Waals surface area (Å²) >= 11 is 1.23. The van der Waals surface area contributed by atoms with Gasteiger partial charge in [-0.3, -0.25) is 9.36 Å². The van der Waals surface area contributed by atoms with E-state index >= 15 is 0 Å². The normalized spacial score (nSPS) is 14.5. The number of carbonyl (C=O) groups is 2. The predicted molar refractivity (Wildman–Crippen MR) is 164 cm³/mol. The molecule has 0 bridgehead atoms. The first-order valence-electron chi connectivity index (χ1n) is 13.7. The van der Waals surface area contributed by atoms with Crippen LogP contribution in [0.4, 0.5) is 0 Å². The van der Waals surface area contributed by atoms with Crippen molar-refractivity contribution in [2.45, 2.75) is 26.5 Å². The number of carbonyl (C=O) groups excluding carboxylic acids is 1. The molecular formula is C33H30N2O8S. The van der Waals surface area contributed by atoms with Crippen molar-refractivity contribution < 1.29 is 33.6 Å². The summed E-state index contributed by atoms with van der Waals surface area (Å²) in [5.74, 6) is 0.103. The molecule has 1 aliphatic rings. The van der Waals surface area contributed by atoms with Crippen molar-refractivity contribution in [3.05, 3.63) is 120 Å². The summed E-state index contributed by atoms with van der Waals surface area (Å²) < 4.78 is 24.2. The van der Waals surface area contributed by atoms with Crippen LogP contribution in [-0.4, -0.2) is 42.4 Å². The van der Waals surface area contributed by atoms with Crippen molar-refractivity contribution in [2.75, 3.05) is 20.8 Å². The Morgan fingerprint density at radius 2 is 1.70 bits per heavy atom. The molecule has 5 rings (SSSR count). The zero-order valence-corrected chi connectivity index (χ0v) is 25.3. The number of fused-ring (bicyclic) bond motifs is 1. The Kier molecular flexibility index (Phi) is 8.96. The van der Waals surface area contributed by atoms with E-state index in [1.165, 1.54) is 35.1 Å². The van der Waals surface area contributed by atoms with Gasteiger partial charge in [-0.2, -0.15) is 0 Å². The second-order valence-electron chi connectivity index (χ2n) is 9.77. The second kappa shape index (κ2) is 13.0. The summed E-state index contributed by atoms with van der Waals surface area (Å²) in [5.41, 5.74) is 2.82. The van der Waals surface area contributed by atoms with Crippen LogP contribution in [0, 0.1) is 0 Å². The Balaban J connectivity index is 1.49. The fourth-order valence-electron chi connectivity index (χ4n) is 4.85. The van der Waals surface area contributed by atoms with Crippen LogP contribution in [0.2, 0.25) is 0 Å². The van der Waals surface area contributed by atoms with Crippen LogP contribution >= 0.6 is 11.3 Å². The summed E-state index contributed by atoms with van der Waals surface area (Å²) in [6.07, 6.45) is 1.77. The SMILES string of the molecule is CCOC(=O)C1=C(C)N=c2s/c(=C/c3ccc(OCc4ccc(C(=O)O)cc4)cc3)c(=O)n2[C@H]1c1ccc(OC)cc1OC. The molecule has 226 valence electrons. The number of rotatable bonds is 10. The third kappa shape index (κ3) is 6.13. The highest BCUT2D eigenvalue weighted by molar-refractivity contribution is 7.07. The molecule has 1 aliphatic heterocycles. The quantitative estimate of drug-likeness (QED) is 0.265. The second-order valence-corrected chi connectivity index (χ2v) is 10.8. The summed E-state index contributed by atoms with van der Waals surface area (Å²) in [6, 6.07) is 18.1. The molecule has 11 heteroatoms. The summed E-state index contributed by atoms with van der Waals surface area (Å²) in [7, 11) is 3.07. The maximum Gasteiger partial charge on any atom is 0.338 e. The Morgan fingerprint density at radius 3 is 2.34 bits per heavy atom. The van der Waals surface area contributed by atoms with Crippen LogP contribution in [0.15, 0.2) is 87.8 Å². The smallest absolute Gasteiger partial charge is 0.338 e. The van der Waals surface area contributed by atoms with Gasteiger partial charge in [0.1, 0.15) is 29.9 Å². The van der Waals surface area contributed by atoms with Crippen LogP contribution in [-0.2, 0) is 16.1 Å². The molecule has 0 aliphatic carbocycles. The average molecular weight is 615 g/mol. The summed E-state index contributed by atoms with van der Waals surface area (Å²) in [6.45, 7) is 3.89. The third-order valence-corrected chi connectivity index (χ3v) is 8.02. The molecule has 2 heterocycles.